The molecule has 8 nitrogen and oxygen atoms in total. The summed E-state index contributed by atoms with van der Waals surface area (Å²) in [6, 6.07) is 12.5. The first-order valence-corrected chi connectivity index (χ1v) is 11.6. The van der Waals surface area contributed by atoms with E-state index < -0.39 is 23.0 Å². The number of alkyl halides is 3. The molecule has 1 N–H and O–H groups in total. The van der Waals surface area contributed by atoms with Crippen LogP contribution in [0.2, 0.25) is 0 Å². The Hall–Kier alpha value is -3.80. The molecule has 2 heterocycles. The maximum Gasteiger partial charge on any atom is 0.441 e. The number of hydrogen-bond donors (Lipinski definition) is 1. The summed E-state index contributed by atoms with van der Waals surface area (Å²) in [4.78, 5) is 16.1. The molecule has 4 rings (SSSR count). The zero-order valence-electron chi connectivity index (χ0n) is 19.3. The highest BCUT2D eigenvalue weighted by Crippen LogP contribution is 2.36. The molecule has 188 valence electrons. The van der Waals surface area contributed by atoms with Gasteiger partial charge < -0.3 is 14.2 Å². The number of hydrogen-bond acceptors (Lipinski definition) is 7. The van der Waals surface area contributed by atoms with Crippen LogP contribution in [0.3, 0.4) is 0 Å². The van der Waals surface area contributed by atoms with Crippen LogP contribution in [0.5, 0.6) is 17.2 Å². The molecule has 0 fully saturated rings. The summed E-state index contributed by atoms with van der Waals surface area (Å²) in [6.45, 7) is 4.67. The lowest BCUT2D eigenvalue weighted by Gasteiger charge is -2.20. The number of ether oxygens (including phenoxy) is 3. The highest BCUT2D eigenvalue weighted by Gasteiger charge is 2.46. The Morgan fingerprint density at radius 3 is 2.58 bits per heavy atom. The smallest absolute Gasteiger partial charge is 0.441 e. The fourth-order valence-corrected chi connectivity index (χ4v) is 4.05. The van der Waals surface area contributed by atoms with E-state index >= 15 is 0 Å². The molecule has 0 bridgehead atoms. The van der Waals surface area contributed by atoms with Crippen LogP contribution in [0.1, 0.15) is 18.1 Å². The van der Waals surface area contributed by atoms with Gasteiger partial charge in [-0.2, -0.15) is 28.3 Å². The van der Waals surface area contributed by atoms with Gasteiger partial charge in [-0.3, -0.25) is 10.2 Å². The number of rotatable bonds is 8. The van der Waals surface area contributed by atoms with Crippen molar-refractivity contribution in [3.8, 4) is 17.2 Å². The van der Waals surface area contributed by atoms with Crippen LogP contribution >= 0.6 is 11.8 Å². The third kappa shape index (κ3) is 5.70. The number of carbonyl (C=O) groups excluding carboxylic acids is 1. The van der Waals surface area contributed by atoms with Crippen LogP contribution in [0, 0.1) is 12.3 Å². The van der Waals surface area contributed by atoms with Crippen molar-refractivity contribution >= 4 is 39.8 Å². The minimum absolute atomic E-state index is 0.200. The van der Waals surface area contributed by atoms with Crippen LogP contribution in [-0.2, 0) is 4.79 Å². The van der Waals surface area contributed by atoms with Crippen molar-refractivity contribution < 1.29 is 32.2 Å². The van der Waals surface area contributed by atoms with Crippen LogP contribution in [0.4, 0.5) is 13.2 Å². The van der Waals surface area contributed by atoms with E-state index in [4.69, 9.17) is 19.6 Å². The fourth-order valence-electron chi connectivity index (χ4n) is 3.29. The van der Waals surface area contributed by atoms with E-state index in [1.165, 1.54) is 6.08 Å². The maximum absolute atomic E-state index is 13.0. The molecule has 1 amide bonds. The quantitative estimate of drug-likeness (QED) is 0.389. The highest BCUT2D eigenvalue weighted by atomic mass is 32.2. The van der Waals surface area contributed by atoms with E-state index in [-0.39, 0.29) is 29.1 Å². The zero-order chi connectivity index (χ0) is 25.9. The predicted octanol–water partition coefficient (Wildman–Crippen LogP) is 5.03. The average molecular weight is 519 g/mol. The van der Waals surface area contributed by atoms with Crippen molar-refractivity contribution in [2.75, 3.05) is 19.8 Å². The summed E-state index contributed by atoms with van der Waals surface area (Å²) in [5.74, 6) is 0.259. The summed E-state index contributed by atoms with van der Waals surface area (Å²) in [5.41, 5.74) is 1.36. The second-order valence-electron chi connectivity index (χ2n) is 7.58. The van der Waals surface area contributed by atoms with Gasteiger partial charge in [0.05, 0.1) is 12.2 Å². The molecule has 0 unspecified atom stereocenters. The molecule has 0 saturated heterocycles. The summed E-state index contributed by atoms with van der Waals surface area (Å²) < 4.78 is 56.1. The molecule has 2 aromatic rings. The Bertz CT molecular complexity index is 1290. The van der Waals surface area contributed by atoms with E-state index in [0.29, 0.717) is 35.3 Å². The molecule has 2 aromatic carbocycles. The molecule has 0 aliphatic carbocycles. The lowest BCUT2D eigenvalue weighted by atomic mass is 10.1. The van der Waals surface area contributed by atoms with Crippen molar-refractivity contribution in [3.05, 3.63) is 59.2 Å². The second kappa shape index (κ2) is 10.4. The molecule has 0 spiro atoms. The topological polar surface area (TPSA) is 96.6 Å². The van der Waals surface area contributed by atoms with Crippen molar-refractivity contribution in [2.24, 2.45) is 10.1 Å². The molecule has 36 heavy (non-hydrogen) atoms. The molecule has 0 radical (unpaired) electrons. The van der Waals surface area contributed by atoms with E-state index in [1.807, 2.05) is 31.2 Å². The fraction of sp³-hybridized carbons (Fsp3) is 0.250. The van der Waals surface area contributed by atoms with Crippen LogP contribution < -0.4 is 14.2 Å². The Morgan fingerprint density at radius 2 is 1.86 bits per heavy atom. The first-order chi connectivity index (χ1) is 17.2. The molecule has 0 aromatic heterocycles. The van der Waals surface area contributed by atoms with Crippen molar-refractivity contribution in [3.63, 3.8) is 0 Å². The number of halogens is 3. The lowest BCUT2D eigenvalue weighted by Crippen LogP contribution is -2.35. The number of amides is 1. The van der Waals surface area contributed by atoms with Gasteiger partial charge in [-0.1, -0.05) is 18.2 Å². The number of carbonyl (C=O) groups is 1. The van der Waals surface area contributed by atoms with Crippen LogP contribution in [0.25, 0.3) is 6.08 Å². The van der Waals surface area contributed by atoms with Gasteiger partial charge in [-0.05, 0) is 67.1 Å². The third-order valence-corrected chi connectivity index (χ3v) is 5.83. The normalized spacial score (nSPS) is 16.6. The van der Waals surface area contributed by atoms with Gasteiger partial charge in [0, 0.05) is 0 Å². The number of fused-ring (bicyclic) bond motifs is 1. The van der Waals surface area contributed by atoms with Crippen LogP contribution in [-0.4, -0.2) is 53.0 Å². The molecule has 12 heteroatoms. The van der Waals surface area contributed by atoms with Gasteiger partial charge in [0.1, 0.15) is 19.0 Å². The SMILES string of the molecule is CCOc1cc(/C=C2\C(=N)N3N=C(C(F)(F)F)SC3=NC2=O)ccc1OCCOc1cccc(C)c1. The molecule has 2 aliphatic rings. The zero-order valence-corrected chi connectivity index (χ0v) is 20.1. The van der Waals surface area contributed by atoms with Gasteiger partial charge >= 0.3 is 6.18 Å². The van der Waals surface area contributed by atoms with Crippen molar-refractivity contribution in [1.29, 1.82) is 5.41 Å². The Kier molecular flexibility index (Phi) is 7.34. The minimum atomic E-state index is -4.70. The first-order valence-electron chi connectivity index (χ1n) is 10.8. The largest absolute Gasteiger partial charge is 0.490 e. The monoisotopic (exact) mass is 518 g/mol. The first kappa shape index (κ1) is 25.3. The van der Waals surface area contributed by atoms with Gasteiger partial charge in [-0.15, -0.1) is 0 Å². The Labute approximate surface area is 208 Å². The third-order valence-electron chi connectivity index (χ3n) is 4.87. The molecule has 0 atom stereocenters. The number of nitrogens with zero attached hydrogens (tertiary/aromatic N) is 3. The number of hydrazone groups is 1. The minimum Gasteiger partial charge on any atom is -0.490 e. The number of aliphatic imine (C=N–C) groups is 1. The van der Waals surface area contributed by atoms with E-state index in [9.17, 15) is 18.0 Å². The lowest BCUT2D eigenvalue weighted by molar-refractivity contribution is -0.114. The van der Waals surface area contributed by atoms with E-state index in [0.717, 1.165) is 11.3 Å². The average Bonchev–Trinajstić information content (AvgIpc) is 3.26. The number of nitrogens with one attached hydrogen (secondary N) is 1. The summed E-state index contributed by atoms with van der Waals surface area (Å²) in [6.07, 6.45) is -3.35. The number of benzene rings is 2. The van der Waals surface area contributed by atoms with Crippen LogP contribution in [0.15, 0.2) is 58.1 Å². The number of thioether (sulfide) groups is 1. The Balaban J connectivity index is 1.48. The van der Waals surface area contributed by atoms with Gasteiger partial charge in [0.25, 0.3) is 5.91 Å². The van der Waals surface area contributed by atoms with E-state index in [1.54, 1.807) is 25.1 Å². The Morgan fingerprint density at radius 1 is 1.08 bits per heavy atom. The van der Waals surface area contributed by atoms with Crippen molar-refractivity contribution in [1.82, 2.24) is 5.01 Å². The van der Waals surface area contributed by atoms with Gasteiger partial charge in [0.2, 0.25) is 10.2 Å². The number of aryl methyl sites for hydroxylation is 1. The predicted molar refractivity (Wildman–Crippen MR) is 131 cm³/mol. The molecule has 0 saturated carbocycles. The van der Waals surface area contributed by atoms with Crippen molar-refractivity contribution in [2.45, 2.75) is 20.0 Å². The van der Waals surface area contributed by atoms with E-state index in [2.05, 4.69) is 10.1 Å². The summed E-state index contributed by atoms with van der Waals surface area (Å²) >= 11 is 0.202. The number of amidine groups is 2. The summed E-state index contributed by atoms with van der Waals surface area (Å²) in [5, 5.41) is 10.8. The molecule has 2 aliphatic heterocycles. The maximum atomic E-state index is 13.0. The standard InChI is InChI=1S/C24H21F3N4O4S/c1-3-33-19-13-15(7-8-18(19)35-10-9-34-16-6-4-5-14(2)11-16)12-17-20(28)31-23(29-21(17)32)36-22(30-31)24(25,26)27/h4-8,11-13,28H,3,9-10H2,1-2H3/b17-12+,28-20?. The summed E-state index contributed by atoms with van der Waals surface area (Å²) in [7, 11) is 0. The molecular formula is C24H21F3N4O4S. The van der Waals surface area contributed by atoms with Gasteiger partial charge in [-0.25, -0.2) is 0 Å². The van der Waals surface area contributed by atoms with Gasteiger partial charge in [0.15, 0.2) is 17.3 Å². The molecular weight excluding hydrogens is 497 g/mol. The second-order valence-corrected chi connectivity index (χ2v) is 8.53. The highest BCUT2D eigenvalue weighted by molar-refractivity contribution is 8.27.